The van der Waals surface area contributed by atoms with Crippen LogP contribution in [0.1, 0.15) is 22.0 Å². The third-order valence-corrected chi connectivity index (χ3v) is 2.18. The summed E-state index contributed by atoms with van der Waals surface area (Å²) >= 11 is 0. The minimum atomic E-state index is -1.64. The predicted molar refractivity (Wildman–Crippen MR) is 55.7 cm³/mol. The van der Waals surface area contributed by atoms with Gasteiger partial charge in [0, 0.05) is 0 Å². The van der Waals surface area contributed by atoms with Crippen LogP contribution in [0.4, 0.5) is 0 Å². The molecule has 1 aromatic rings. The lowest BCUT2D eigenvalue weighted by Crippen LogP contribution is -2.21. The first-order valence-electron chi connectivity index (χ1n) is 4.51. The van der Waals surface area contributed by atoms with Crippen LogP contribution in [0.15, 0.2) is 12.1 Å². The van der Waals surface area contributed by atoms with Crippen molar-refractivity contribution in [3.8, 4) is 11.5 Å². The fourth-order valence-corrected chi connectivity index (χ4v) is 1.30. The SMILES string of the molecule is COC(=O)c1ccc(O)c([C@H](N)C(=O)O)c1O. The van der Waals surface area contributed by atoms with Gasteiger partial charge < -0.3 is 25.8 Å². The van der Waals surface area contributed by atoms with Gasteiger partial charge in [0.25, 0.3) is 0 Å². The Bertz CT molecular complexity index is 470. The van der Waals surface area contributed by atoms with Crippen molar-refractivity contribution in [1.29, 1.82) is 0 Å². The number of nitrogens with two attached hydrogens (primary N) is 1. The van der Waals surface area contributed by atoms with Crippen molar-refractivity contribution >= 4 is 11.9 Å². The average molecular weight is 241 g/mol. The number of phenolic OH excluding ortho intramolecular Hbond substituents is 2. The van der Waals surface area contributed by atoms with Gasteiger partial charge in [-0.1, -0.05) is 0 Å². The number of benzene rings is 1. The van der Waals surface area contributed by atoms with E-state index in [9.17, 15) is 19.8 Å². The van der Waals surface area contributed by atoms with Crippen LogP contribution in [0.5, 0.6) is 11.5 Å². The molecule has 0 aliphatic heterocycles. The number of rotatable bonds is 3. The van der Waals surface area contributed by atoms with Crippen molar-refractivity contribution in [3.63, 3.8) is 0 Å². The molecule has 0 saturated heterocycles. The quantitative estimate of drug-likeness (QED) is 0.546. The van der Waals surface area contributed by atoms with Crippen molar-refractivity contribution < 1.29 is 29.6 Å². The van der Waals surface area contributed by atoms with Crippen LogP contribution in [0.3, 0.4) is 0 Å². The van der Waals surface area contributed by atoms with Crippen molar-refractivity contribution in [2.24, 2.45) is 5.73 Å². The van der Waals surface area contributed by atoms with Crippen LogP contribution in [0, 0.1) is 0 Å². The summed E-state index contributed by atoms with van der Waals surface area (Å²) in [5.41, 5.74) is 4.58. The maximum atomic E-state index is 11.2. The van der Waals surface area contributed by atoms with Crippen LogP contribution in [-0.4, -0.2) is 34.4 Å². The van der Waals surface area contributed by atoms with Crippen LogP contribution in [0.2, 0.25) is 0 Å². The molecule has 92 valence electrons. The summed E-state index contributed by atoms with van der Waals surface area (Å²) in [5, 5.41) is 27.8. The second-order valence-electron chi connectivity index (χ2n) is 3.20. The number of methoxy groups -OCH3 is 1. The first-order valence-corrected chi connectivity index (χ1v) is 4.51. The number of carboxylic acid groups (broad SMARTS) is 1. The van der Waals surface area contributed by atoms with E-state index < -0.39 is 35.0 Å². The number of hydrogen-bond donors (Lipinski definition) is 4. The number of aromatic hydroxyl groups is 2. The lowest BCUT2D eigenvalue weighted by atomic mass is 10.0. The fraction of sp³-hybridized carbons (Fsp3) is 0.200. The molecule has 0 radical (unpaired) electrons. The number of phenols is 2. The van der Waals surface area contributed by atoms with Gasteiger partial charge in [0.1, 0.15) is 23.1 Å². The number of aliphatic carboxylic acids is 1. The number of ether oxygens (including phenoxy) is 1. The Kier molecular flexibility index (Phi) is 3.54. The van der Waals surface area contributed by atoms with Crippen LogP contribution >= 0.6 is 0 Å². The van der Waals surface area contributed by atoms with Crippen molar-refractivity contribution in [2.45, 2.75) is 6.04 Å². The second-order valence-corrected chi connectivity index (χ2v) is 3.20. The Balaban J connectivity index is 3.39. The standard InChI is InChI=1S/C10H11NO6/c1-17-10(16)4-2-3-5(12)6(8(4)13)7(11)9(14)15/h2-3,7,12-13H,11H2,1H3,(H,14,15)/t7-/m0/s1. The van der Waals surface area contributed by atoms with E-state index in [1.54, 1.807) is 0 Å². The molecule has 1 aromatic carbocycles. The third-order valence-electron chi connectivity index (χ3n) is 2.18. The van der Waals surface area contributed by atoms with E-state index in [0.29, 0.717) is 0 Å². The molecule has 0 saturated carbocycles. The Morgan fingerprint density at radius 1 is 1.35 bits per heavy atom. The number of carbonyl (C=O) groups is 2. The van der Waals surface area contributed by atoms with Gasteiger partial charge in [-0.05, 0) is 12.1 Å². The lowest BCUT2D eigenvalue weighted by Gasteiger charge is -2.13. The van der Waals surface area contributed by atoms with E-state index in [1.807, 2.05) is 0 Å². The molecule has 0 amide bonds. The first-order chi connectivity index (χ1) is 7.90. The minimum absolute atomic E-state index is 0.267. The van der Waals surface area contributed by atoms with E-state index in [-0.39, 0.29) is 5.56 Å². The summed E-state index contributed by atoms with van der Waals surface area (Å²) in [5.74, 6) is -3.52. The molecule has 0 aliphatic carbocycles. The molecule has 0 fully saturated rings. The minimum Gasteiger partial charge on any atom is -0.507 e. The largest absolute Gasteiger partial charge is 0.507 e. The molecular weight excluding hydrogens is 230 g/mol. The Labute approximate surface area is 96.1 Å². The smallest absolute Gasteiger partial charge is 0.341 e. The molecule has 17 heavy (non-hydrogen) atoms. The van der Waals surface area contributed by atoms with Crippen molar-refractivity contribution in [1.82, 2.24) is 0 Å². The van der Waals surface area contributed by atoms with Crippen molar-refractivity contribution in [2.75, 3.05) is 7.11 Å². The molecule has 5 N–H and O–H groups in total. The maximum absolute atomic E-state index is 11.2. The summed E-state index contributed by atoms with van der Waals surface area (Å²) in [4.78, 5) is 21.9. The Hall–Kier alpha value is -2.28. The molecule has 1 rings (SSSR count). The van der Waals surface area contributed by atoms with E-state index in [2.05, 4.69) is 4.74 Å². The molecule has 0 aromatic heterocycles. The molecule has 1 atom stereocenters. The molecule has 0 heterocycles. The molecule has 0 bridgehead atoms. The van der Waals surface area contributed by atoms with Gasteiger partial charge >= 0.3 is 11.9 Å². The number of esters is 1. The average Bonchev–Trinajstić information content (AvgIpc) is 2.28. The molecule has 0 aliphatic rings. The van der Waals surface area contributed by atoms with E-state index in [1.165, 1.54) is 0 Å². The van der Waals surface area contributed by atoms with E-state index >= 15 is 0 Å². The monoisotopic (exact) mass is 241 g/mol. The Morgan fingerprint density at radius 2 is 1.94 bits per heavy atom. The normalized spacial score (nSPS) is 11.9. The van der Waals surface area contributed by atoms with E-state index in [0.717, 1.165) is 19.2 Å². The van der Waals surface area contributed by atoms with Gasteiger partial charge in [0.05, 0.1) is 12.7 Å². The summed E-state index contributed by atoms with van der Waals surface area (Å²) in [6, 6.07) is 0.526. The zero-order chi connectivity index (χ0) is 13.2. The van der Waals surface area contributed by atoms with Gasteiger partial charge in [-0.15, -0.1) is 0 Å². The fourth-order valence-electron chi connectivity index (χ4n) is 1.30. The van der Waals surface area contributed by atoms with Gasteiger partial charge in [-0.2, -0.15) is 0 Å². The number of hydrogen-bond acceptors (Lipinski definition) is 6. The van der Waals surface area contributed by atoms with Gasteiger partial charge in [-0.3, -0.25) is 4.79 Å². The highest BCUT2D eigenvalue weighted by atomic mass is 16.5. The highest BCUT2D eigenvalue weighted by Crippen LogP contribution is 2.35. The highest BCUT2D eigenvalue weighted by Gasteiger charge is 2.26. The zero-order valence-electron chi connectivity index (χ0n) is 8.88. The van der Waals surface area contributed by atoms with Crippen molar-refractivity contribution in [3.05, 3.63) is 23.3 Å². The lowest BCUT2D eigenvalue weighted by molar-refractivity contribution is -0.138. The summed E-state index contributed by atoms with van der Waals surface area (Å²) in [6.07, 6.45) is 0. The Morgan fingerprint density at radius 3 is 2.41 bits per heavy atom. The molecule has 0 unspecified atom stereocenters. The zero-order valence-corrected chi connectivity index (χ0v) is 8.88. The molecule has 7 nitrogen and oxygen atoms in total. The first kappa shape index (κ1) is 12.8. The third kappa shape index (κ3) is 2.28. The van der Waals surface area contributed by atoms with Crippen LogP contribution < -0.4 is 5.73 Å². The van der Waals surface area contributed by atoms with Gasteiger partial charge in [0.2, 0.25) is 0 Å². The predicted octanol–water partition coefficient (Wildman–Crippen LogP) is -0.0312. The van der Waals surface area contributed by atoms with Crippen LogP contribution in [0.25, 0.3) is 0 Å². The maximum Gasteiger partial charge on any atom is 0.341 e. The topological polar surface area (TPSA) is 130 Å². The molecule has 7 heteroatoms. The highest BCUT2D eigenvalue weighted by molar-refractivity contribution is 5.94. The summed E-state index contributed by atoms with van der Waals surface area (Å²) < 4.78 is 4.38. The summed E-state index contributed by atoms with van der Waals surface area (Å²) in [6.45, 7) is 0. The van der Waals surface area contributed by atoms with Crippen LogP contribution in [-0.2, 0) is 9.53 Å². The van der Waals surface area contributed by atoms with E-state index in [4.69, 9.17) is 10.8 Å². The number of carboxylic acids is 1. The summed E-state index contributed by atoms with van der Waals surface area (Å²) in [7, 11) is 1.10. The molecular formula is C10H11NO6. The number of carbonyl (C=O) groups excluding carboxylic acids is 1. The van der Waals surface area contributed by atoms with Gasteiger partial charge in [-0.25, -0.2) is 4.79 Å². The molecule has 0 spiro atoms. The second kappa shape index (κ2) is 4.71. The van der Waals surface area contributed by atoms with Gasteiger partial charge in [0.15, 0.2) is 0 Å².